The fourth-order valence-electron chi connectivity index (χ4n) is 1.73. The quantitative estimate of drug-likeness (QED) is 0.808. The molecule has 2 aromatic heterocycles. The molecule has 0 aromatic carbocycles. The highest BCUT2D eigenvalue weighted by molar-refractivity contribution is 7.15. The molecule has 88 valence electrons. The van der Waals surface area contributed by atoms with Gasteiger partial charge in [-0.25, -0.2) is 4.98 Å². The molecule has 0 saturated heterocycles. The second-order valence-corrected chi connectivity index (χ2v) is 4.88. The van der Waals surface area contributed by atoms with Crippen molar-refractivity contribution >= 4 is 22.1 Å². The van der Waals surface area contributed by atoms with Crippen molar-refractivity contribution in [3.63, 3.8) is 0 Å². The Bertz CT molecular complexity index is 457. The van der Waals surface area contributed by atoms with Gasteiger partial charge in [0.25, 0.3) is 0 Å². The van der Waals surface area contributed by atoms with Crippen molar-refractivity contribution in [3.05, 3.63) is 17.3 Å². The average molecular weight is 238 g/mol. The first-order valence-electron chi connectivity index (χ1n) is 5.56. The molecule has 2 rings (SSSR count). The smallest absolute Gasteiger partial charge is 0.195 e. The van der Waals surface area contributed by atoms with Gasteiger partial charge < -0.3 is 10.2 Å². The van der Waals surface area contributed by atoms with Crippen molar-refractivity contribution in [1.29, 1.82) is 0 Å². The fraction of sp³-hybridized carbons (Fsp3) is 0.545. The Labute approximate surface area is 99.9 Å². The third kappa shape index (κ3) is 2.05. The molecule has 4 nitrogen and oxygen atoms in total. The minimum Gasteiger partial charge on any atom is -0.361 e. The number of rotatable bonds is 5. The van der Waals surface area contributed by atoms with Crippen LogP contribution in [0.25, 0.3) is 4.96 Å². The summed E-state index contributed by atoms with van der Waals surface area (Å²) in [4.78, 5) is 7.76. The van der Waals surface area contributed by atoms with Crippen molar-refractivity contribution < 1.29 is 0 Å². The lowest BCUT2D eigenvalue weighted by atomic mass is 10.4. The lowest BCUT2D eigenvalue weighted by molar-refractivity contribution is 0.661. The standard InChI is InChI=1S/C11H18N4S/c1-4-5-12-8-9-10(14(2)3)13-11-15(9)6-7-16-11/h6-7,12H,4-5,8H2,1-3H3. The summed E-state index contributed by atoms with van der Waals surface area (Å²) < 4.78 is 2.17. The maximum atomic E-state index is 4.62. The summed E-state index contributed by atoms with van der Waals surface area (Å²) in [5, 5.41) is 5.51. The van der Waals surface area contributed by atoms with Crippen molar-refractivity contribution in [1.82, 2.24) is 14.7 Å². The second kappa shape index (κ2) is 4.84. The van der Waals surface area contributed by atoms with Crippen molar-refractivity contribution in [2.45, 2.75) is 19.9 Å². The molecule has 0 aliphatic carbocycles. The molecule has 0 radical (unpaired) electrons. The number of nitrogens with zero attached hydrogens (tertiary/aromatic N) is 3. The van der Waals surface area contributed by atoms with E-state index < -0.39 is 0 Å². The van der Waals surface area contributed by atoms with E-state index >= 15 is 0 Å². The Morgan fingerprint density at radius 2 is 2.31 bits per heavy atom. The van der Waals surface area contributed by atoms with Gasteiger partial charge in [0, 0.05) is 32.2 Å². The largest absolute Gasteiger partial charge is 0.361 e. The Hall–Kier alpha value is -1.07. The highest BCUT2D eigenvalue weighted by Crippen LogP contribution is 2.22. The maximum absolute atomic E-state index is 4.62. The lowest BCUT2D eigenvalue weighted by Crippen LogP contribution is -2.18. The Kier molecular flexibility index (Phi) is 3.46. The number of anilines is 1. The van der Waals surface area contributed by atoms with E-state index in [2.05, 4.69) is 38.1 Å². The number of nitrogens with one attached hydrogen (secondary N) is 1. The maximum Gasteiger partial charge on any atom is 0.195 e. The van der Waals surface area contributed by atoms with Gasteiger partial charge in [-0.3, -0.25) is 4.40 Å². The molecule has 0 bridgehead atoms. The summed E-state index contributed by atoms with van der Waals surface area (Å²) in [6.07, 6.45) is 3.24. The second-order valence-electron chi connectivity index (χ2n) is 4.01. The predicted octanol–water partition coefficient (Wildman–Crippen LogP) is 1.96. The van der Waals surface area contributed by atoms with Crippen LogP contribution in [0.2, 0.25) is 0 Å². The van der Waals surface area contributed by atoms with Crippen molar-refractivity contribution in [3.8, 4) is 0 Å². The lowest BCUT2D eigenvalue weighted by Gasteiger charge is -2.12. The summed E-state index contributed by atoms with van der Waals surface area (Å²) in [7, 11) is 4.07. The summed E-state index contributed by atoms with van der Waals surface area (Å²) in [6.45, 7) is 4.10. The minimum atomic E-state index is 0.874. The monoisotopic (exact) mass is 238 g/mol. The molecule has 0 saturated carbocycles. The summed E-state index contributed by atoms with van der Waals surface area (Å²) >= 11 is 1.68. The fourth-order valence-corrected chi connectivity index (χ4v) is 2.46. The highest BCUT2D eigenvalue weighted by Gasteiger charge is 2.13. The average Bonchev–Trinajstić information content (AvgIpc) is 2.79. The van der Waals surface area contributed by atoms with Gasteiger partial charge in [0.1, 0.15) is 0 Å². The first kappa shape index (κ1) is 11.4. The van der Waals surface area contributed by atoms with Crippen LogP contribution in [0.15, 0.2) is 11.6 Å². The van der Waals surface area contributed by atoms with Crippen LogP contribution in [0.1, 0.15) is 19.0 Å². The van der Waals surface area contributed by atoms with Crippen LogP contribution in [-0.4, -0.2) is 30.0 Å². The topological polar surface area (TPSA) is 32.6 Å². The third-order valence-corrected chi connectivity index (χ3v) is 3.24. The molecule has 16 heavy (non-hydrogen) atoms. The molecule has 0 amide bonds. The molecular formula is C11H18N4S. The van der Waals surface area contributed by atoms with Gasteiger partial charge in [-0.1, -0.05) is 6.92 Å². The molecule has 2 heterocycles. The number of fused-ring (bicyclic) bond motifs is 1. The van der Waals surface area contributed by atoms with E-state index in [1.807, 2.05) is 14.1 Å². The van der Waals surface area contributed by atoms with Gasteiger partial charge >= 0.3 is 0 Å². The van der Waals surface area contributed by atoms with Crippen LogP contribution in [0.3, 0.4) is 0 Å². The molecular weight excluding hydrogens is 220 g/mol. The van der Waals surface area contributed by atoms with E-state index in [1.165, 1.54) is 5.69 Å². The van der Waals surface area contributed by atoms with Crippen molar-refractivity contribution in [2.75, 3.05) is 25.5 Å². The first-order chi connectivity index (χ1) is 7.74. The SMILES string of the molecule is CCCNCc1c(N(C)C)nc2sccn12. The number of hydrogen-bond donors (Lipinski definition) is 1. The van der Waals surface area contributed by atoms with Crippen LogP contribution in [-0.2, 0) is 6.54 Å². The number of aromatic nitrogens is 2. The van der Waals surface area contributed by atoms with Gasteiger partial charge in [0.15, 0.2) is 10.8 Å². The van der Waals surface area contributed by atoms with E-state index in [0.29, 0.717) is 0 Å². The predicted molar refractivity (Wildman–Crippen MR) is 69.4 cm³/mol. The normalized spacial score (nSPS) is 11.2. The van der Waals surface area contributed by atoms with Crippen LogP contribution >= 0.6 is 11.3 Å². The molecule has 0 aliphatic rings. The highest BCUT2D eigenvalue weighted by atomic mass is 32.1. The number of imidazole rings is 1. The third-order valence-electron chi connectivity index (χ3n) is 2.48. The van der Waals surface area contributed by atoms with Crippen LogP contribution < -0.4 is 10.2 Å². The van der Waals surface area contributed by atoms with Gasteiger partial charge in [0.05, 0.1) is 5.69 Å². The number of thiazole rings is 1. The van der Waals surface area contributed by atoms with E-state index in [9.17, 15) is 0 Å². The summed E-state index contributed by atoms with van der Waals surface area (Å²) in [6, 6.07) is 0. The van der Waals surface area contributed by atoms with Crippen LogP contribution in [0.5, 0.6) is 0 Å². The van der Waals surface area contributed by atoms with Crippen LogP contribution in [0, 0.1) is 0 Å². The number of hydrogen-bond acceptors (Lipinski definition) is 4. The Morgan fingerprint density at radius 3 is 3.00 bits per heavy atom. The molecule has 1 N–H and O–H groups in total. The summed E-state index contributed by atoms with van der Waals surface area (Å²) in [5.74, 6) is 1.07. The summed E-state index contributed by atoms with van der Waals surface area (Å²) in [5.41, 5.74) is 1.25. The minimum absolute atomic E-state index is 0.874. The first-order valence-corrected chi connectivity index (χ1v) is 6.44. The van der Waals surface area contributed by atoms with Gasteiger partial charge in [0.2, 0.25) is 0 Å². The van der Waals surface area contributed by atoms with E-state index in [4.69, 9.17) is 0 Å². The Balaban J connectivity index is 2.30. The Morgan fingerprint density at radius 1 is 1.50 bits per heavy atom. The zero-order chi connectivity index (χ0) is 11.5. The van der Waals surface area contributed by atoms with Gasteiger partial charge in [-0.2, -0.15) is 0 Å². The van der Waals surface area contributed by atoms with Crippen LogP contribution in [0.4, 0.5) is 5.82 Å². The van der Waals surface area contributed by atoms with Gasteiger partial charge in [-0.15, -0.1) is 11.3 Å². The van der Waals surface area contributed by atoms with Gasteiger partial charge in [-0.05, 0) is 13.0 Å². The zero-order valence-corrected chi connectivity index (χ0v) is 10.8. The molecule has 0 atom stereocenters. The zero-order valence-electron chi connectivity index (χ0n) is 10.0. The molecule has 5 heteroatoms. The molecule has 0 aliphatic heterocycles. The molecule has 0 unspecified atom stereocenters. The molecule has 0 spiro atoms. The van der Waals surface area contributed by atoms with E-state index in [1.54, 1.807) is 11.3 Å². The van der Waals surface area contributed by atoms with E-state index in [0.717, 1.165) is 30.3 Å². The van der Waals surface area contributed by atoms with E-state index in [-0.39, 0.29) is 0 Å². The van der Waals surface area contributed by atoms with Crippen molar-refractivity contribution in [2.24, 2.45) is 0 Å². The molecule has 0 fully saturated rings. The molecule has 2 aromatic rings.